The Morgan fingerprint density at radius 3 is 2.41 bits per heavy atom. The van der Waals surface area contributed by atoms with Gasteiger partial charge in [0.15, 0.2) is 0 Å². The highest BCUT2D eigenvalue weighted by Gasteiger charge is 2.10. The summed E-state index contributed by atoms with van der Waals surface area (Å²) in [5, 5.41) is 17.7. The molecule has 0 aliphatic carbocycles. The van der Waals surface area contributed by atoms with E-state index in [-0.39, 0.29) is 0 Å². The molecular formula is C20H19N7. The number of benzene rings is 2. The van der Waals surface area contributed by atoms with E-state index in [4.69, 9.17) is 0 Å². The first-order chi connectivity index (χ1) is 13.2. The number of aryl methyl sites for hydroxylation is 2. The molecule has 0 amide bonds. The third kappa shape index (κ3) is 3.82. The van der Waals surface area contributed by atoms with Crippen LogP contribution < -0.4 is 5.32 Å². The minimum Gasteiger partial charge on any atom is -0.366 e. The van der Waals surface area contributed by atoms with Crippen molar-refractivity contribution in [2.75, 3.05) is 5.32 Å². The van der Waals surface area contributed by atoms with Crippen molar-refractivity contribution in [1.82, 2.24) is 30.6 Å². The summed E-state index contributed by atoms with van der Waals surface area (Å²) in [5.74, 6) is 2.20. The molecule has 134 valence electrons. The third-order valence-electron chi connectivity index (χ3n) is 4.22. The smallest absolute Gasteiger partial charge is 0.205 e. The van der Waals surface area contributed by atoms with E-state index in [0.29, 0.717) is 12.4 Å². The van der Waals surface area contributed by atoms with Crippen molar-refractivity contribution in [3.05, 3.63) is 71.7 Å². The molecule has 2 N–H and O–H groups in total. The molecule has 2 heterocycles. The summed E-state index contributed by atoms with van der Waals surface area (Å²) in [6, 6.07) is 18.4. The second-order valence-electron chi connectivity index (χ2n) is 6.27. The van der Waals surface area contributed by atoms with E-state index >= 15 is 0 Å². The van der Waals surface area contributed by atoms with Crippen LogP contribution in [-0.4, -0.2) is 30.6 Å². The van der Waals surface area contributed by atoms with Crippen LogP contribution in [0.25, 0.3) is 22.5 Å². The Morgan fingerprint density at radius 2 is 1.70 bits per heavy atom. The summed E-state index contributed by atoms with van der Waals surface area (Å²) in [4.78, 5) is 8.71. The molecule has 0 spiro atoms. The molecule has 0 fully saturated rings. The second-order valence-corrected chi connectivity index (χ2v) is 6.27. The number of aromatic amines is 1. The molecule has 0 aliphatic heterocycles. The van der Waals surface area contributed by atoms with E-state index < -0.39 is 0 Å². The van der Waals surface area contributed by atoms with Crippen LogP contribution in [0.1, 0.15) is 17.1 Å². The number of hydrogen-bond acceptors (Lipinski definition) is 6. The zero-order chi connectivity index (χ0) is 18.6. The van der Waals surface area contributed by atoms with Gasteiger partial charge in [-0.25, -0.2) is 9.97 Å². The summed E-state index contributed by atoms with van der Waals surface area (Å²) in [7, 11) is 0. The van der Waals surface area contributed by atoms with E-state index in [1.807, 2.05) is 38.1 Å². The van der Waals surface area contributed by atoms with Crippen LogP contribution in [0.5, 0.6) is 0 Å². The fourth-order valence-electron chi connectivity index (χ4n) is 3.01. The summed E-state index contributed by atoms with van der Waals surface area (Å²) < 4.78 is 0. The van der Waals surface area contributed by atoms with E-state index in [1.54, 1.807) is 0 Å². The normalized spacial score (nSPS) is 10.7. The average Bonchev–Trinajstić information content (AvgIpc) is 3.21. The zero-order valence-electron chi connectivity index (χ0n) is 15.1. The highest BCUT2D eigenvalue weighted by molar-refractivity contribution is 5.80. The molecule has 0 saturated carbocycles. The van der Waals surface area contributed by atoms with Gasteiger partial charge in [-0.3, -0.25) is 0 Å². The summed E-state index contributed by atoms with van der Waals surface area (Å²) in [6.07, 6.45) is 0. The van der Waals surface area contributed by atoms with E-state index in [2.05, 4.69) is 66.2 Å². The SMILES string of the molecule is Cc1cc(NCc2ccc(-c3ccccc3-c3nn[nH]n3)cc2)nc(C)n1. The van der Waals surface area contributed by atoms with Crippen LogP contribution in [0.3, 0.4) is 0 Å². The number of tetrazole rings is 1. The Morgan fingerprint density at radius 1 is 0.926 bits per heavy atom. The molecule has 0 saturated heterocycles. The number of nitrogens with zero attached hydrogens (tertiary/aromatic N) is 5. The first kappa shape index (κ1) is 16.8. The van der Waals surface area contributed by atoms with Crippen LogP contribution >= 0.6 is 0 Å². The molecule has 27 heavy (non-hydrogen) atoms. The van der Waals surface area contributed by atoms with Crippen molar-refractivity contribution in [3.8, 4) is 22.5 Å². The van der Waals surface area contributed by atoms with Gasteiger partial charge in [-0.1, -0.05) is 48.5 Å². The average molecular weight is 357 g/mol. The molecule has 7 heteroatoms. The van der Waals surface area contributed by atoms with Gasteiger partial charge in [-0.2, -0.15) is 5.21 Å². The Kier molecular flexibility index (Phi) is 4.57. The van der Waals surface area contributed by atoms with Gasteiger partial charge >= 0.3 is 0 Å². The summed E-state index contributed by atoms with van der Waals surface area (Å²) in [6.45, 7) is 4.56. The van der Waals surface area contributed by atoms with Gasteiger partial charge < -0.3 is 5.32 Å². The van der Waals surface area contributed by atoms with Crippen molar-refractivity contribution in [1.29, 1.82) is 0 Å². The first-order valence-electron chi connectivity index (χ1n) is 8.67. The predicted molar refractivity (Wildman–Crippen MR) is 104 cm³/mol. The van der Waals surface area contributed by atoms with Gasteiger partial charge in [-0.15, -0.1) is 10.2 Å². The van der Waals surface area contributed by atoms with E-state index in [1.165, 1.54) is 5.56 Å². The Labute approximate surface area is 156 Å². The Hall–Kier alpha value is -3.61. The lowest BCUT2D eigenvalue weighted by Gasteiger charge is -2.10. The number of nitrogens with one attached hydrogen (secondary N) is 2. The number of anilines is 1. The maximum Gasteiger partial charge on any atom is 0.205 e. The second kappa shape index (κ2) is 7.33. The number of aromatic nitrogens is 6. The van der Waals surface area contributed by atoms with Crippen molar-refractivity contribution >= 4 is 5.82 Å². The number of H-pyrrole nitrogens is 1. The standard InChI is InChI=1S/C20H19N7/c1-13-11-19(23-14(2)22-13)21-12-15-7-9-16(10-8-15)17-5-3-4-6-18(17)20-24-26-27-25-20/h3-11H,12H2,1-2H3,(H,21,22,23)(H,24,25,26,27). The molecule has 2 aromatic carbocycles. The lowest BCUT2D eigenvalue weighted by atomic mass is 9.98. The van der Waals surface area contributed by atoms with Crippen molar-refractivity contribution < 1.29 is 0 Å². The largest absolute Gasteiger partial charge is 0.366 e. The highest BCUT2D eigenvalue weighted by Crippen LogP contribution is 2.29. The van der Waals surface area contributed by atoms with Crippen LogP contribution in [0.15, 0.2) is 54.6 Å². The van der Waals surface area contributed by atoms with Crippen LogP contribution in [0.2, 0.25) is 0 Å². The first-order valence-corrected chi connectivity index (χ1v) is 8.67. The fourth-order valence-corrected chi connectivity index (χ4v) is 3.01. The third-order valence-corrected chi connectivity index (χ3v) is 4.22. The molecule has 0 unspecified atom stereocenters. The van der Waals surface area contributed by atoms with Gasteiger partial charge in [0.25, 0.3) is 0 Å². The van der Waals surface area contributed by atoms with Crippen molar-refractivity contribution in [2.45, 2.75) is 20.4 Å². The maximum absolute atomic E-state index is 4.41. The molecule has 0 aliphatic rings. The highest BCUT2D eigenvalue weighted by atomic mass is 15.5. The van der Waals surface area contributed by atoms with Gasteiger partial charge in [0, 0.05) is 23.9 Å². The Balaban J connectivity index is 1.53. The quantitative estimate of drug-likeness (QED) is 0.567. The molecular weight excluding hydrogens is 338 g/mol. The number of rotatable bonds is 5. The predicted octanol–water partition coefficient (Wildman–Crippen LogP) is 3.55. The lowest BCUT2D eigenvalue weighted by Crippen LogP contribution is -2.03. The molecule has 4 aromatic rings. The zero-order valence-corrected chi connectivity index (χ0v) is 15.1. The maximum atomic E-state index is 4.41. The summed E-state index contributed by atoms with van der Waals surface area (Å²) >= 11 is 0. The summed E-state index contributed by atoms with van der Waals surface area (Å²) in [5.41, 5.74) is 5.25. The molecule has 0 atom stereocenters. The Bertz CT molecular complexity index is 1020. The molecule has 0 radical (unpaired) electrons. The van der Waals surface area contributed by atoms with Crippen molar-refractivity contribution in [3.63, 3.8) is 0 Å². The van der Waals surface area contributed by atoms with E-state index in [9.17, 15) is 0 Å². The molecule has 4 rings (SSSR count). The minimum atomic E-state index is 0.589. The van der Waals surface area contributed by atoms with Crippen LogP contribution in [0, 0.1) is 13.8 Å². The minimum absolute atomic E-state index is 0.589. The van der Waals surface area contributed by atoms with Crippen LogP contribution in [-0.2, 0) is 6.54 Å². The van der Waals surface area contributed by atoms with Crippen LogP contribution in [0.4, 0.5) is 5.82 Å². The molecule has 0 bridgehead atoms. The van der Waals surface area contributed by atoms with Gasteiger partial charge in [0.1, 0.15) is 11.6 Å². The monoisotopic (exact) mass is 357 g/mol. The molecule has 2 aromatic heterocycles. The molecule has 7 nitrogen and oxygen atoms in total. The van der Waals surface area contributed by atoms with Gasteiger partial charge in [-0.05, 0) is 35.8 Å². The lowest BCUT2D eigenvalue weighted by molar-refractivity contribution is 0.881. The van der Waals surface area contributed by atoms with Crippen molar-refractivity contribution in [2.24, 2.45) is 0 Å². The topological polar surface area (TPSA) is 92.3 Å². The fraction of sp³-hybridized carbons (Fsp3) is 0.150. The number of hydrogen-bond donors (Lipinski definition) is 2. The van der Waals surface area contributed by atoms with Gasteiger partial charge in [0.05, 0.1) is 0 Å². The van der Waals surface area contributed by atoms with E-state index in [0.717, 1.165) is 34.0 Å². The van der Waals surface area contributed by atoms with Gasteiger partial charge in [0.2, 0.25) is 5.82 Å².